The number of carbonyl (C=O) groups excluding carboxylic acids is 1. The van der Waals surface area contributed by atoms with Gasteiger partial charge in [0.25, 0.3) is 5.91 Å². The zero-order valence-electron chi connectivity index (χ0n) is 17.0. The molecule has 1 N–H and O–H groups in total. The van der Waals surface area contributed by atoms with Gasteiger partial charge in [0.05, 0.1) is 13.7 Å². The molecule has 0 aliphatic carbocycles. The van der Waals surface area contributed by atoms with Crippen LogP contribution in [0.4, 0.5) is 8.78 Å². The summed E-state index contributed by atoms with van der Waals surface area (Å²) in [7, 11) is 1.55. The molecule has 0 saturated carbocycles. The van der Waals surface area contributed by atoms with Gasteiger partial charge in [-0.2, -0.15) is 8.78 Å². The van der Waals surface area contributed by atoms with Gasteiger partial charge in [-0.05, 0) is 54.5 Å². The van der Waals surface area contributed by atoms with Crippen LogP contribution in [0.2, 0.25) is 0 Å². The highest BCUT2D eigenvalue weighted by Crippen LogP contribution is 2.27. The van der Waals surface area contributed by atoms with Gasteiger partial charge in [0.15, 0.2) is 5.65 Å². The van der Waals surface area contributed by atoms with Crippen molar-refractivity contribution in [1.29, 1.82) is 0 Å². The Morgan fingerprint density at radius 3 is 2.74 bits per heavy atom. The Labute approximate surface area is 177 Å². The number of methoxy groups -OCH3 is 1. The first kappa shape index (κ1) is 21.8. The Balaban J connectivity index is 1.82. The molecule has 160 valence electrons. The van der Waals surface area contributed by atoms with Crippen molar-refractivity contribution in [3.8, 4) is 0 Å². The lowest BCUT2D eigenvalue weighted by atomic mass is 10.1. The normalized spacial score (nSPS) is 12.3. The second-order valence-electron chi connectivity index (χ2n) is 6.53. The number of pyridine rings is 2. The maximum Gasteiger partial charge on any atom is 0.323 e. The molecule has 0 aliphatic heterocycles. The summed E-state index contributed by atoms with van der Waals surface area (Å²) in [5, 5.41) is 9.63. The number of allylic oxidation sites excluding steroid dienone is 4. The van der Waals surface area contributed by atoms with E-state index in [1.165, 1.54) is 22.9 Å². The number of halogens is 2. The number of hydrogen-bond acceptors (Lipinski definition) is 5. The number of amides is 1. The maximum absolute atomic E-state index is 14.9. The van der Waals surface area contributed by atoms with Crippen LogP contribution in [0.15, 0.2) is 73.3 Å². The minimum absolute atomic E-state index is 0.0475. The summed E-state index contributed by atoms with van der Waals surface area (Å²) in [5.74, 6) is -4.12. The lowest BCUT2D eigenvalue weighted by Gasteiger charge is -2.15. The monoisotopic (exact) mass is 425 g/mol. The van der Waals surface area contributed by atoms with Crippen LogP contribution in [0.5, 0.6) is 0 Å². The maximum atomic E-state index is 14.9. The van der Waals surface area contributed by atoms with Crippen LogP contribution in [-0.2, 0) is 10.7 Å². The summed E-state index contributed by atoms with van der Waals surface area (Å²) in [6, 6.07) is 7.95. The molecule has 3 rings (SSSR count). The van der Waals surface area contributed by atoms with Crippen LogP contribution in [-0.4, -0.2) is 39.1 Å². The van der Waals surface area contributed by atoms with E-state index in [1.54, 1.807) is 49.6 Å². The molecule has 3 aromatic heterocycles. The average Bonchev–Trinajstić information content (AvgIpc) is 3.23. The van der Waals surface area contributed by atoms with Crippen LogP contribution >= 0.6 is 0 Å². The molecule has 9 heteroatoms. The molecule has 1 amide bonds. The molecule has 0 radical (unpaired) electrons. The van der Waals surface area contributed by atoms with Gasteiger partial charge in [0, 0.05) is 12.4 Å². The standard InChI is InChI=1S/C22H21F2N5O2/c1-4-17(31-3)10-8-15(2)16-9-11-19-27-28-21(29(19)13-16)22(23,24)14-26-20(30)18-7-5-6-12-25-18/h4-13H,2,14H2,1,3H3,(H,26,30). The zero-order valence-corrected chi connectivity index (χ0v) is 17.0. The van der Waals surface area contributed by atoms with Crippen LogP contribution in [0.25, 0.3) is 11.2 Å². The molecule has 31 heavy (non-hydrogen) atoms. The molecule has 0 saturated heterocycles. The van der Waals surface area contributed by atoms with Crippen LogP contribution < -0.4 is 5.32 Å². The fourth-order valence-corrected chi connectivity index (χ4v) is 2.75. The fraction of sp³-hybridized carbons (Fsp3) is 0.182. The van der Waals surface area contributed by atoms with E-state index in [1.807, 2.05) is 6.92 Å². The molecular weight excluding hydrogens is 404 g/mol. The Kier molecular flexibility index (Phi) is 6.54. The number of hydrogen-bond donors (Lipinski definition) is 1. The van der Waals surface area contributed by atoms with E-state index in [2.05, 4.69) is 27.1 Å². The largest absolute Gasteiger partial charge is 0.497 e. The molecule has 7 nitrogen and oxygen atoms in total. The second kappa shape index (κ2) is 9.29. The van der Waals surface area contributed by atoms with Gasteiger partial charge >= 0.3 is 5.92 Å². The van der Waals surface area contributed by atoms with Gasteiger partial charge < -0.3 is 10.1 Å². The second-order valence-corrected chi connectivity index (χ2v) is 6.53. The molecule has 0 bridgehead atoms. The van der Waals surface area contributed by atoms with Crippen molar-refractivity contribution >= 4 is 17.1 Å². The highest BCUT2D eigenvalue weighted by atomic mass is 19.3. The molecule has 3 heterocycles. The SMILES string of the molecule is C=C(C=CC(=CC)OC)c1ccc2nnc(C(F)(F)CNC(=O)c3ccccn3)n2c1. The third-order valence-electron chi connectivity index (χ3n) is 4.44. The molecule has 0 fully saturated rings. The van der Waals surface area contributed by atoms with Gasteiger partial charge in [-0.15, -0.1) is 10.2 Å². The number of aromatic nitrogens is 4. The quantitative estimate of drug-likeness (QED) is 0.439. The first-order valence-electron chi connectivity index (χ1n) is 9.35. The first-order valence-corrected chi connectivity index (χ1v) is 9.35. The van der Waals surface area contributed by atoms with Crippen molar-refractivity contribution in [3.05, 3.63) is 90.4 Å². The van der Waals surface area contributed by atoms with Crippen molar-refractivity contribution in [3.63, 3.8) is 0 Å². The van der Waals surface area contributed by atoms with Gasteiger partial charge in [0.1, 0.15) is 11.5 Å². The Morgan fingerprint density at radius 2 is 2.06 bits per heavy atom. The summed E-state index contributed by atoms with van der Waals surface area (Å²) >= 11 is 0. The van der Waals surface area contributed by atoms with Crippen molar-refractivity contribution < 1.29 is 18.3 Å². The predicted octanol–water partition coefficient (Wildman–Crippen LogP) is 3.77. The zero-order chi connectivity index (χ0) is 22.4. The molecule has 3 aromatic rings. The number of nitrogens with zero attached hydrogens (tertiary/aromatic N) is 4. The van der Waals surface area contributed by atoms with E-state index in [0.29, 0.717) is 16.9 Å². The van der Waals surface area contributed by atoms with E-state index in [-0.39, 0.29) is 11.3 Å². The highest BCUT2D eigenvalue weighted by Gasteiger charge is 2.37. The van der Waals surface area contributed by atoms with Gasteiger partial charge in [0.2, 0.25) is 5.82 Å². The summed E-state index contributed by atoms with van der Waals surface area (Å²) in [5.41, 5.74) is 1.48. The smallest absolute Gasteiger partial charge is 0.323 e. The minimum atomic E-state index is -3.46. The molecular formula is C22H21F2N5O2. The van der Waals surface area contributed by atoms with Gasteiger partial charge in [-0.3, -0.25) is 14.2 Å². The Morgan fingerprint density at radius 1 is 1.26 bits per heavy atom. The fourth-order valence-electron chi connectivity index (χ4n) is 2.75. The summed E-state index contributed by atoms with van der Waals surface area (Å²) in [6.07, 6.45) is 8.11. The topological polar surface area (TPSA) is 81.4 Å². The van der Waals surface area contributed by atoms with Crippen molar-refractivity contribution in [1.82, 2.24) is 24.9 Å². The third-order valence-corrected chi connectivity index (χ3v) is 4.44. The van der Waals surface area contributed by atoms with Crippen molar-refractivity contribution in [2.75, 3.05) is 13.7 Å². The number of ether oxygens (including phenoxy) is 1. The molecule has 0 aliphatic rings. The first-order chi connectivity index (χ1) is 14.9. The Hall–Kier alpha value is -3.88. The van der Waals surface area contributed by atoms with E-state index in [0.717, 1.165) is 0 Å². The number of rotatable bonds is 8. The highest BCUT2D eigenvalue weighted by molar-refractivity contribution is 5.92. The summed E-state index contributed by atoms with van der Waals surface area (Å²) in [6.45, 7) is 4.84. The van der Waals surface area contributed by atoms with E-state index < -0.39 is 24.2 Å². The third kappa shape index (κ3) is 5.00. The molecule has 0 unspecified atom stereocenters. The molecule has 0 aromatic carbocycles. The van der Waals surface area contributed by atoms with Gasteiger partial charge in [-0.25, -0.2) is 0 Å². The summed E-state index contributed by atoms with van der Waals surface area (Å²) in [4.78, 5) is 15.9. The Bertz CT molecular complexity index is 1150. The lowest BCUT2D eigenvalue weighted by molar-refractivity contribution is -0.0123. The van der Waals surface area contributed by atoms with Crippen LogP contribution in [0.1, 0.15) is 28.8 Å². The van der Waals surface area contributed by atoms with E-state index in [4.69, 9.17) is 4.74 Å². The molecule has 0 spiro atoms. The van der Waals surface area contributed by atoms with Crippen molar-refractivity contribution in [2.45, 2.75) is 12.8 Å². The van der Waals surface area contributed by atoms with E-state index >= 15 is 0 Å². The van der Waals surface area contributed by atoms with Crippen LogP contribution in [0.3, 0.4) is 0 Å². The number of alkyl halides is 2. The van der Waals surface area contributed by atoms with E-state index in [9.17, 15) is 13.6 Å². The minimum Gasteiger partial charge on any atom is -0.497 e. The number of fused-ring (bicyclic) bond motifs is 1. The average molecular weight is 425 g/mol. The summed E-state index contributed by atoms with van der Waals surface area (Å²) < 4.78 is 36.1. The molecule has 0 atom stereocenters. The van der Waals surface area contributed by atoms with Gasteiger partial charge in [-0.1, -0.05) is 18.7 Å². The lowest BCUT2D eigenvalue weighted by Crippen LogP contribution is -2.36. The van der Waals surface area contributed by atoms with Crippen molar-refractivity contribution in [2.24, 2.45) is 0 Å². The number of nitrogens with one attached hydrogen (secondary N) is 1. The predicted molar refractivity (Wildman–Crippen MR) is 112 cm³/mol. The van der Waals surface area contributed by atoms with Crippen LogP contribution in [0, 0.1) is 0 Å². The number of carbonyl (C=O) groups is 1.